The zero-order valence-electron chi connectivity index (χ0n) is 15.2. The number of nitrogens with one attached hydrogen (secondary N) is 1. The molecule has 0 amide bonds. The van der Waals surface area contributed by atoms with Gasteiger partial charge >= 0.3 is 0 Å². The molecule has 0 fully saturated rings. The highest BCUT2D eigenvalue weighted by atomic mass is 16.1. The molecule has 4 rings (SSSR count). The predicted molar refractivity (Wildman–Crippen MR) is 104 cm³/mol. The van der Waals surface area contributed by atoms with E-state index in [1.165, 1.54) is 0 Å². The molecule has 1 aliphatic rings. The van der Waals surface area contributed by atoms with Crippen molar-refractivity contribution in [3.8, 4) is 0 Å². The number of aromatic nitrogens is 1. The van der Waals surface area contributed by atoms with Gasteiger partial charge in [0.2, 0.25) is 5.78 Å². The van der Waals surface area contributed by atoms with Gasteiger partial charge in [-0.25, -0.2) is 0 Å². The smallest absolute Gasteiger partial charge is 0.286 e. The van der Waals surface area contributed by atoms with Crippen molar-refractivity contribution in [2.45, 2.75) is 13.8 Å². The summed E-state index contributed by atoms with van der Waals surface area (Å²) in [6.07, 6.45) is 3.55. The van der Waals surface area contributed by atoms with E-state index in [0.717, 1.165) is 16.8 Å². The van der Waals surface area contributed by atoms with Crippen molar-refractivity contribution in [3.05, 3.63) is 101 Å². The second-order valence-electron chi connectivity index (χ2n) is 6.65. The minimum Gasteiger partial charge on any atom is -0.346 e. The number of nitrogens with zero attached hydrogens (tertiary/aromatic N) is 1. The summed E-state index contributed by atoms with van der Waals surface area (Å²) in [6.45, 7) is 4.00. The van der Waals surface area contributed by atoms with Crippen LogP contribution >= 0.6 is 0 Å². The van der Waals surface area contributed by atoms with Gasteiger partial charge < -0.3 is 5.32 Å². The van der Waals surface area contributed by atoms with Crippen molar-refractivity contribution < 1.29 is 14.2 Å². The second-order valence-corrected chi connectivity index (χ2v) is 6.65. The molecule has 0 bridgehead atoms. The van der Waals surface area contributed by atoms with Gasteiger partial charge in [0.1, 0.15) is 0 Å². The highest BCUT2D eigenvalue weighted by Gasteiger charge is 2.38. The van der Waals surface area contributed by atoms with Gasteiger partial charge in [-0.15, -0.1) is 0 Å². The van der Waals surface area contributed by atoms with Crippen molar-refractivity contribution in [1.29, 1.82) is 0 Å². The van der Waals surface area contributed by atoms with Crippen molar-refractivity contribution in [2.24, 2.45) is 0 Å². The van der Waals surface area contributed by atoms with Crippen LogP contribution in [0.1, 0.15) is 31.8 Å². The Morgan fingerprint density at radius 3 is 2.11 bits per heavy atom. The first-order valence-corrected chi connectivity index (χ1v) is 8.80. The second kappa shape index (κ2) is 6.65. The maximum atomic E-state index is 13.2. The van der Waals surface area contributed by atoms with E-state index < -0.39 is 0 Å². The van der Waals surface area contributed by atoms with E-state index in [2.05, 4.69) is 5.32 Å². The number of anilines is 1. The Morgan fingerprint density at radius 2 is 1.44 bits per heavy atom. The lowest BCUT2D eigenvalue weighted by Gasteiger charge is -2.19. The van der Waals surface area contributed by atoms with E-state index in [-0.39, 0.29) is 11.6 Å². The standard InChI is InChI=1S/C23H18N2O2/c1-15-10-11-19(16(2)14-15)24-20-21(25-12-6-3-7-13-25)23(27)18-9-5-4-8-17(18)22(20)26/h3-14H,1-2H3/p+1. The van der Waals surface area contributed by atoms with Gasteiger partial charge in [-0.2, -0.15) is 4.57 Å². The Hall–Kier alpha value is -3.53. The average molecular weight is 355 g/mol. The largest absolute Gasteiger partial charge is 0.346 e. The molecule has 0 aliphatic heterocycles. The van der Waals surface area contributed by atoms with E-state index in [4.69, 9.17) is 0 Å². The van der Waals surface area contributed by atoms with E-state index in [0.29, 0.717) is 22.5 Å². The quantitative estimate of drug-likeness (QED) is 0.724. The van der Waals surface area contributed by atoms with Crippen LogP contribution < -0.4 is 9.88 Å². The zero-order valence-corrected chi connectivity index (χ0v) is 15.2. The molecule has 0 radical (unpaired) electrons. The third kappa shape index (κ3) is 2.95. The maximum absolute atomic E-state index is 13.2. The molecular weight excluding hydrogens is 336 g/mol. The number of carbonyl (C=O) groups excluding carboxylic acids is 2. The summed E-state index contributed by atoms with van der Waals surface area (Å²) < 4.78 is 1.70. The van der Waals surface area contributed by atoms with Gasteiger partial charge in [0.15, 0.2) is 18.1 Å². The SMILES string of the molecule is Cc1ccc(NC2=C([n+]3ccccc3)C(=O)c3ccccc3C2=O)c(C)c1. The Labute approximate surface area is 157 Å². The number of hydrogen-bond donors (Lipinski definition) is 1. The van der Waals surface area contributed by atoms with Crippen molar-refractivity contribution >= 4 is 23.0 Å². The molecule has 3 aromatic rings. The van der Waals surface area contributed by atoms with Gasteiger partial charge in [-0.3, -0.25) is 9.59 Å². The van der Waals surface area contributed by atoms with Crippen LogP contribution in [0, 0.1) is 13.8 Å². The van der Waals surface area contributed by atoms with E-state index in [9.17, 15) is 9.59 Å². The molecule has 2 aromatic carbocycles. The number of hydrogen-bond acceptors (Lipinski definition) is 3. The Morgan fingerprint density at radius 1 is 0.778 bits per heavy atom. The molecule has 0 atom stereocenters. The lowest BCUT2D eigenvalue weighted by Crippen LogP contribution is -2.41. The van der Waals surface area contributed by atoms with Gasteiger partial charge in [-0.1, -0.05) is 48.0 Å². The lowest BCUT2D eigenvalue weighted by atomic mass is 9.90. The third-order valence-corrected chi connectivity index (χ3v) is 4.71. The Kier molecular flexibility index (Phi) is 4.16. The first-order chi connectivity index (χ1) is 13.1. The summed E-state index contributed by atoms with van der Waals surface area (Å²) in [6, 6.07) is 18.5. The van der Waals surface area contributed by atoms with Crippen LogP contribution in [0.15, 0.2) is 78.8 Å². The topological polar surface area (TPSA) is 50.1 Å². The van der Waals surface area contributed by atoms with Crippen LogP contribution in [0.3, 0.4) is 0 Å². The summed E-state index contributed by atoms with van der Waals surface area (Å²) >= 11 is 0. The van der Waals surface area contributed by atoms with Crippen molar-refractivity contribution in [2.75, 3.05) is 5.32 Å². The van der Waals surface area contributed by atoms with E-state index >= 15 is 0 Å². The summed E-state index contributed by atoms with van der Waals surface area (Å²) in [7, 11) is 0. The van der Waals surface area contributed by atoms with Crippen molar-refractivity contribution in [1.82, 2.24) is 0 Å². The monoisotopic (exact) mass is 355 g/mol. The predicted octanol–water partition coefficient (Wildman–Crippen LogP) is 3.95. The molecule has 1 aromatic heterocycles. The number of fused-ring (bicyclic) bond motifs is 1. The fourth-order valence-corrected chi connectivity index (χ4v) is 3.36. The van der Waals surface area contributed by atoms with Gasteiger partial charge in [0.25, 0.3) is 11.5 Å². The number of rotatable bonds is 3. The van der Waals surface area contributed by atoms with Gasteiger partial charge in [0, 0.05) is 28.9 Å². The highest BCUT2D eigenvalue weighted by molar-refractivity contribution is 6.36. The average Bonchev–Trinajstić information content (AvgIpc) is 2.68. The van der Waals surface area contributed by atoms with Gasteiger partial charge in [-0.05, 0) is 25.5 Å². The number of Topliss-reactive ketones (excluding diaryl/α,β-unsaturated/α-hetero) is 2. The third-order valence-electron chi connectivity index (χ3n) is 4.71. The lowest BCUT2D eigenvalue weighted by molar-refractivity contribution is -0.577. The van der Waals surface area contributed by atoms with E-state index in [1.807, 2.05) is 50.2 Å². The molecule has 0 spiro atoms. The molecule has 132 valence electrons. The molecule has 0 saturated heterocycles. The van der Waals surface area contributed by atoms with Gasteiger partial charge in [0.05, 0.1) is 0 Å². The molecule has 27 heavy (non-hydrogen) atoms. The fraction of sp³-hybridized carbons (Fsp3) is 0.0870. The van der Waals surface area contributed by atoms with Crippen molar-refractivity contribution in [3.63, 3.8) is 0 Å². The number of benzene rings is 2. The number of ketones is 2. The van der Waals surface area contributed by atoms with Crippen LogP contribution in [0.5, 0.6) is 0 Å². The first kappa shape index (κ1) is 16.9. The molecule has 1 heterocycles. The summed E-state index contributed by atoms with van der Waals surface area (Å²) in [5.74, 6) is -0.356. The maximum Gasteiger partial charge on any atom is 0.286 e. The summed E-state index contributed by atoms with van der Waals surface area (Å²) in [4.78, 5) is 26.5. The minimum atomic E-state index is -0.184. The fourth-order valence-electron chi connectivity index (χ4n) is 3.36. The summed E-state index contributed by atoms with van der Waals surface area (Å²) in [5.41, 5.74) is 4.45. The molecular formula is C23H19N2O2+. The van der Waals surface area contributed by atoms with Crippen LogP contribution in [0.2, 0.25) is 0 Å². The number of aryl methyl sites for hydroxylation is 2. The number of pyridine rings is 1. The Balaban J connectivity index is 1.92. The summed E-state index contributed by atoms with van der Waals surface area (Å²) in [5, 5.41) is 3.23. The number of allylic oxidation sites excluding steroid dienone is 2. The normalized spacial score (nSPS) is 13.6. The molecule has 0 unspecified atom stereocenters. The van der Waals surface area contributed by atoms with Crippen LogP contribution in [-0.2, 0) is 0 Å². The van der Waals surface area contributed by atoms with Crippen LogP contribution in [0.25, 0.3) is 5.70 Å². The van der Waals surface area contributed by atoms with E-state index in [1.54, 1.807) is 41.2 Å². The Bertz CT molecular complexity index is 1100. The molecule has 1 aliphatic carbocycles. The number of carbonyl (C=O) groups is 2. The van der Waals surface area contributed by atoms with Crippen LogP contribution in [-0.4, -0.2) is 11.6 Å². The zero-order chi connectivity index (χ0) is 19.0. The molecule has 4 nitrogen and oxygen atoms in total. The first-order valence-electron chi connectivity index (χ1n) is 8.80. The highest BCUT2D eigenvalue weighted by Crippen LogP contribution is 2.28. The molecule has 0 saturated carbocycles. The molecule has 1 N–H and O–H groups in total. The molecule has 4 heteroatoms. The van der Waals surface area contributed by atoms with Crippen LogP contribution in [0.4, 0.5) is 5.69 Å². The minimum absolute atomic E-state index is 0.173.